The van der Waals surface area contributed by atoms with Crippen molar-refractivity contribution < 1.29 is 8.78 Å². The van der Waals surface area contributed by atoms with Crippen LogP contribution in [0.2, 0.25) is 0 Å². The van der Waals surface area contributed by atoms with Crippen molar-refractivity contribution in [3.8, 4) is 0 Å². The van der Waals surface area contributed by atoms with Gasteiger partial charge in [0.25, 0.3) is 0 Å². The van der Waals surface area contributed by atoms with Crippen LogP contribution >= 0.6 is 0 Å². The fourth-order valence-electron chi connectivity index (χ4n) is 2.31. The number of fused-ring (bicyclic) bond motifs is 1. The van der Waals surface area contributed by atoms with Gasteiger partial charge in [-0.3, -0.25) is 0 Å². The first-order chi connectivity index (χ1) is 6.75. The molecular weight excluding hydrogens is 184 g/mol. The van der Waals surface area contributed by atoms with Gasteiger partial charge in [-0.1, -0.05) is 0 Å². The first kappa shape index (κ1) is 8.21. The topological polar surface area (TPSA) is 12.0 Å². The van der Waals surface area contributed by atoms with Crippen LogP contribution in [0.15, 0.2) is 12.1 Å². The molecule has 1 aromatic carbocycles. The summed E-state index contributed by atoms with van der Waals surface area (Å²) in [5.74, 6) is 0.0545. The van der Waals surface area contributed by atoms with E-state index in [-0.39, 0.29) is 0 Å². The molecule has 1 aliphatic heterocycles. The summed E-state index contributed by atoms with van der Waals surface area (Å²) in [6, 6.07) is 2.42. The van der Waals surface area contributed by atoms with Crippen LogP contribution in [-0.4, -0.2) is 6.54 Å². The monoisotopic (exact) mass is 195 g/mol. The van der Waals surface area contributed by atoms with E-state index < -0.39 is 11.6 Å². The smallest absolute Gasteiger partial charge is 0.149 e. The molecule has 14 heavy (non-hydrogen) atoms. The highest BCUT2D eigenvalue weighted by Crippen LogP contribution is 2.48. The molecule has 74 valence electrons. The number of hydrogen-bond acceptors (Lipinski definition) is 1. The molecule has 0 aromatic heterocycles. The Morgan fingerprint density at radius 1 is 1.21 bits per heavy atom. The summed E-state index contributed by atoms with van der Waals surface area (Å²) in [5, 5.41) is 3.03. The standard InChI is InChI=1S/C11H11F2N/c12-7-3-8-9(6-1-2-6)5-14-11(8)10(13)4-7/h3-4,6,9,14H,1-2,5H2. The zero-order valence-electron chi connectivity index (χ0n) is 7.69. The second-order valence-corrected chi connectivity index (χ2v) is 4.18. The maximum atomic E-state index is 13.3. The van der Waals surface area contributed by atoms with Crippen LogP contribution in [0.5, 0.6) is 0 Å². The highest BCUT2D eigenvalue weighted by atomic mass is 19.1. The predicted octanol–water partition coefficient (Wildman–Crippen LogP) is 2.88. The van der Waals surface area contributed by atoms with Gasteiger partial charge in [0, 0.05) is 18.5 Å². The van der Waals surface area contributed by atoms with E-state index in [1.807, 2.05) is 0 Å². The van der Waals surface area contributed by atoms with E-state index in [1.54, 1.807) is 0 Å². The Hall–Kier alpha value is -1.12. The average Bonchev–Trinajstić information content (AvgIpc) is 2.87. The Balaban J connectivity index is 2.08. The van der Waals surface area contributed by atoms with Gasteiger partial charge in [-0.15, -0.1) is 0 Å². The maximum Gasteiger partial charge on any atom is 0.149 e. The van der Waals surface area contributed by atoms with E-state index in [1.165, 1.54) is 18.9 Å². The number of halogens is 2. The van der Waals surface area contributed by atoms with E-state index in [9.17, 15) is 8.78 Å². The second-order valence-electron chi connectivity index (χ2n) is 4.18. The van der Waals surface area contributed by atoms with E-state index in [0.29, 0.717) is 17.5 Å². The number of benzene rings is 1. The van der Waals surface area contributed by atoms with Crippen LogP contribution in [-0.2, 0) is 0 Å². The molecule has 1 saturated carbocycles. The van der Waals surface area contributed by atoms with Crippen molar-refractivity contribution in [2.75, 3.05) is 11.9 Å². The van der Waals surface area contributed by atoms with Crippen LogP contribution in [0.25, 0.3) is 0 Å². The van der Waals surface area contributed by atoms with Gasteiger partial charge < -0.3 is 5.32 Å². The minimum Gasteiger partial charge on any atom is -0.382 e. The van der Waals surface area contributed by atoms with Crippen molar-refractivity contribution >= 4 is 5.69 Å². The molecule has 0 radical (unpaired) electrons. The maximum absolute atomic E-state index is 13.3. The first-order valence-electron chi connectivity index (χ1n) is 4.98. The third-order valence-corrected chi connectivity index (χ3v) is 3.17. The van der Waals surface area contributed by atoms with E-state index in [4.69, 9.17) is 0 Å². The van der Waals surface area contributed by atoms with Gasteiger partial charge in [-0.25, -0.2) is 8.78 Å². The molecule has 1 N–H and O–H groups in total. The molecule has 0 amide bonds. The summed E-state index contributed by atoms with van der Waals surface area (Å²) in [5.41, 5.74) is 1.35. The molecule has 2 aliphatic rings. The fraction of sp³-hybridized carbons (Fsp3) is 0.455. The van der Waals surface area contributed by atoms with Gasteiger partial charge in [0.1, 0.15) is 11.6 Å². The molecule has 0 bridgehead atoms. The lowest BCUT2D eigenvalue weighted by molar-refractivity contribution is 0.580. The Bertz CT molecular complexity index is 385. The van der Waals surface area contributed by atoms with Gasteiger partial charge in [-0.05, 0) is 30.4 Å². The summed E-state index contributed by atoms with van der Waals surface area (Å²) >= 11 is 0. The molecule has 1 unspecified atom stereocenters. The summed E-state index contributed by atoms with van der Waals surface area (Å²) < 4.78 is 26.3. The third-order valence-electron chi connectivity index (χ3n) is 3.17. The summed E-state index contributed by atoms with van der Waals surface area (Å²) in [4.78, 5) is 0. The van der Waals surface area contributed by atoms with Crippen LogP contribution in [0, 0.1) is 17.6 Å². The number of hydrogen-bond donors (Lipinski definition) is 1. The van der Waals surface area contributed by atoms with Crippen molar-refractivity contribution in [2.45, 2.75) is 18.8 Å². The van der Waals surface area contributed by atoms with Crippen molar-refractivity contribution in [2.24, 2.45) is 5.92 Å². The highest BCUT2D eigenvalue weighted by molar-refractivity contribution is 5.59. The normalized spacial score (nSPS) is 24.6. The van der Waals surface area contributed by atoms with Crippen molar-refractivity contribution in [1.29, 1.82) is 0 Å². The fourth-order valence-corrected chi connectivity index (χ4v) is 2.31. The zero-order valence-corrected chi connectivity index (χ0v) is 7.69. The number of rotatable bonds is 1. The SMILES string of the molecule is Fc1cc(F)c2c(c1)C(C1CC1)CN2. The molecular formula is C11H11F2N. The predicted molar refractivity (Wildman–Crippen MR) is 50.3 cm³/mol. The minimum atomic E-state index is -0.462. The lowest BCUT2D eigenvalue weighted by Crippen LogP contribution is -2.03. The van der Waals surface area contributed by atoms with Gasteiger partial charge in [-0.2, -0.15) is 0 Å². The summed E-state index contributed by atoms with van der Waals surface area (Å²) in [6.07, 6.45) is 2.40. The van der Waals surface area contributed by atoms with E-state index in [0.717, 1.165) is 18.2 Å². The average molecular weight is 195 g/mol. The molecule has 3 rings (SSSR count). The quantitative estimate of drug-likeness (QED) is 0.726. The summed E-state index contributed by atoms with van der Waals surface area (Å²) in [7, 11) is 0. The Morgan fingerprint density at radius 3 is 2.71 bits per heavy atom. The molecule has 1 aliphatic carbocycles. The Labute approximate surface area is 81.1 Å². The molecule has 1 atom stereocenters. The van der Waals surface area contributed by atoms with Gasteiger partial charge >= 0.3 is 0 Å². The lowest BCUT2D eigenvalue weighted by atomic mass is 9.96. The second kappa shape index (κ2) is 2.69. The van der Waals surface area contributed by atoms with Crippen molar-refractivity contribution in [1.82, 2.24) is 0 Å². The number of nitrogens with one attached hydrogen (secondary N) is 1. The Kier molecular flexibility index (Phi) is 1.58. The van der Waals surface area contributed by atoms with E-state index in [2.05, 4.69) is 5.32 Å². The lowest BCUT2D eigenvalue weighted by Gasteiger charge is -2.07. The molecule has 1 heterocycles. The van der Waals surface area contributed by atoms with E-state index >= 15 is 0 Å². The molecule has 1 fully saturated rings. The Morgan fingerprint density at radius 2 is 2.00 bits per heavy atom. The minimum absolute atomic E-state index is 0.329. The zero-order chi connectivity index (χ0) is 9.71. The van der Waals surface area contributed by atoms with Crippen molar-refractivity contribution in [3.05, 3.63) is 29.3 Å². The molecule has 1 aromatic rings. The molecule has 0 saturated heterocycles. The van der Waals surface area contributed by atoms with Gasteiger partial charge in [0.2, 0.25) is 0 Å². The van der Waals surface area contributed by atoms with Crippen LogP contribution in [0.3, 0.4) is 0 Å². The first-order valence-corrected chi connectivity index (χ1v) is 4.98. The summed E-state index contributed by atoms with van der Waals surface area (Å²) in [6.45, 7) is 0.764. The van der Waals surface area contributed by atoms with Crippen LogP contribution < -0.4 is 5.32 Å². The van der Waals surface area contributed by atoms with Crippen LogP contribution in [0.4, 0.5) is 14.5 Å². The van der Waals surface area contributed by atoms with Crippen molar-refractivity contribution in [3.63, 3.8) is 0 Å². The third kappa shape index (κ3) is 1.11. The van der Waals surface area contributed by atoms with Gasteiger partial charge in [0.05, 0.1) is 5.69 Å². The van der Waals surface area contributed by atoms with Crippen LogP contribution in [0.1, 0.15) is 24.3 Å². The largest absolute Gasteiger partial charge is 0.382 e. The molecule has 0 spiro atoms. The molecule has 3 heteroatoms. The van der Waals surface area contributed by atoms with Gasteiger partial charge in [0.15, 0.2) is 0 Å². The molecule has 1 nitrogen and oxygen atoms in total. The highest BCUT2D eigenvalue weighted by Gasteiger charge is 2.37. The number of anilines is 1.